The number of thiophene rings is 1. The van der Waals surface area contributed by atoms with Crippen LogP contribution in [0.4, 0.5) is 5.00 Å². The first-order valence-electron chi connectivity index (χ1n) is 11.2. The molecule has 0 atom stereocenters. The third kappa shape index (κ3) is 6.28. The van der Waals surface area contributed by atoms with Gasteiger partial charge in [-0.2, -0.15) is 4.31 Å². The molecule has 0 bridgehead atoms. The monoisotopic (exact) mass is 540 g/mol. The van der Waals surface area contributed by atoms with E-state index in [0.29, 0.717) is 18.8 Å². The van der Waals surface area contributed by atoms with Crippen LogP contribution >= 0.6 is 11.3 Å². The molecule has 3 rings (SSSR count). The van der Waals surface area contributed by atoms with E-state index >= 15 is 0 Å². The summed E-state index contributed by atoms with van der Waals surface area (Å²) in [6.07, 6.45) is 0. The SMILES string of the molecule is CCOC(=O)c1c(NC(=O)c2ccc(S(=O)(=O)N3CCOCC3)cc2)sc(C(=O)OCCOC)c1C. The molecule has 196 valence electrons. The van der Waals surface area contributed by atoms with Gasteiger partial charge in [0.15, 0.2) is 0 Å². The van der Waals surface area contributed by atoms with Gasteiger partial charge in [0.05, 0.1) is 36.9 Å². The minimum Gasteiger partial charge on any atom is -0.462 e. The second kappa shape index (κ2) is 12.4. The third-order valence-corrected chi connectivity index (χ3v) is 8.38. The van der Waals surface area contributed by atoms with E-state index in [1.807, 2.05) is 0 Å². The molecule has 1 saturated heterocycles. The lowest BCUT2D eigenvalue weighted by Crippen LogP contribution is -2.40. The predicted octanol–water partition coefficient (Wildman–Crippen LogP) is 2.31. The highest BCUT2D eigenvalue weighted by Gasteiger charge is 2.29. The molecule has 2 aromatic rings. The number of ether oxygens (including phenoxy) is 4. The molecule has 2 heterocycles. The van der Waals surface area contributed by atoms with Crippen LogP contribution in [0.15, 0.2) is 29.2 Å². The van der Waals surface area contributed by atoms with E-state index in [2.05, 4.69) is 5.32 Å². The van der Waals surface area contributed by atoms with E-state index in [1.165, 1.54) is 35.7 Å². The summed E-state index contributed by atoms with van der Waals surface area (Å²) in [5, 5.41) is 2.77. The number of morpholine rings is 1. The fourth-order valence-corrected chi connectivity index (χ4v) is 5.91. The average Bonchev–Trinajstić information content (AvgIpc) is 3.20. The van der Waals surface area contributed by atoms with E-state index in [-0.39, 0.29) is 58.8 Å². The van der Waals surface area contributed by atoms with E-state index in [1.54, 1.807) is 13.8 Å². The lowest BCUT2D eigenvalue weighted by atomic mass is 10.1. The molecular weight excluding hydrogens is 512 g/mol. The van der Waals surface area contributed by atoms with E-state index in [0.717, 1.165) is 11.3 Å². The van der Waals surface area contributed by atoms with Crippen LogP contribution in [0, 0.1) is 6.92 Å². The summed E-state index contributed by atoms with van der Waals surface area (Å²) in [5.74, 6) is -1.93. The zero-order valence-corrected chi connectivity index (χ0v) is 21.8. The van der Waals surface area contributed by atoms with Crippen LogP contribution in [-0.2, 0) is 29.0 Å². The molecule has 13 heteroatoms. The summed E-state index contributed by atoms with van der Waals surface area (Å²) in [6.45, 7) is 4.72. The molecule has 1 aliphatic heterocycles. The minimum atomic E-state index is -3.71. The molecular formula is C23H28N2O9S2. The van der Waals surface area contributed by atoms with Crippen molar-refractivity contribution in [2.75, 3.05) is 58.6 Å². The number of esters is 2. The van der Waals surface area contributed by atoms with Gasteiger partial charge in [-0.25, -0.2) is 18.0 Å². The molecule has 0 saturated carbocycles. The normalized spacial score (nSPS) is 14.3. The molecule has 11 nitrogen and oxygen atoms in total. The topological polar surface area (TPSA) is 138 Å². The summed E-state index contributed by atoms with van der Waals surface area (Å²) < 4.78 is 47.3. The number of anilines is 1. The highest BCUT2D eigenvalue weighted by molar-refractivity contribution is 7.89. The minimum absolute atomic E-state index is 0.0306. The second-order valence-corrected chi connectivity index (χ2v) is 10.6. The lowest BCUT2D eigenvalue weighted by molar-refractivity contribution is 0.0392. The summed E-state index contributed by atoms with van der Waals surface area (Å²) in [7, 11) is -2.23. The zero-order chi connectivity index (χ0) is 26.3. The first kappa shape index (κ1) is 27.7. The van der Waals surface area contributed by atoms with Gasteiger partial charge in [0.2, 0.25) is 10.0 Å². The van der Waals surface area contributed by atoms with Gasteiger partial charge in [-0.05, 0) is 43.7 Å². The highest BCUT2D eigenvalue weighted by Crippen LogP contribution is 2.34. The van der Waals surface area contributed by atoms with Gasteiger partial charge >= 0.3 is 11.9 Å². The van der Waals surface area contributed by atoms with Crippen LogP contribution in [0.3, 0.4) is 0 Å². The standard InChI is InChI=1S/C23H28N2O9S2/c1-4-33-22(27)18-15(2)19(23(28)34-14-13-31-3)35-21(18)24-20(26)16-5-7-17(8-6-16)36(29,30)25-9-11-32-12-10-25/h5-8H,4,9-14H2,1-3H3,(H,24,26). The van der Waals surface area contributed by atoms with E-state index in [4.69, 9.17) is 18.9 Å². The molecule has 0 aliphatic carbocycles. The van der Waals surface area contributed by atoms with Crippen molar-refractivity contribution in [1.29, 1.82) is 0 Å². The maximum Gasteiger partial charge on any atom is 0.348 e. The van der Waals surface area contributed by atoms with Crippen LogP contribution in [0.1, 0.15) is 42.9 Å². The maximum atomic E-state index is 12.9. The zero-order valence-electron chi connectivity index (χ0n) is 20.2. The van der Waals surface area contributed by atoms with Crippen molar-refractivity contribution in [3.8, 4) is 0 Å². The summed E-state index contributed by atoms with van der Waals surface area (Å²) in [4.78, 5) is 38.2. The van der Waals surface area contributed by atoms with Gasteiger partial charge in [-0.3, -0.25) is 4.79 Å². The van der Waals surface area contributed by atoms with Gasteiger partial charge in [0.1, 0.15) is 16.5 Å². The molecule has 1 fully saturated rings. The summed E-state index contributed by atoms with van der Waals surface area (Å²) in [5.41, 5.74) is 0.546. The Kier molecular flexibility index (Phi) is 9.56. The first-order chi connectivity index (χ1) is 17.2. The van der Waals surface area contributed by atoms with Crippen LogP contribution in [-0.4, -0.2) is 83.8 Å². The number of carbonyl (C=O) groups excluding carboxylic acids is 3. The predicted molar refractivity (Wildman–Crippen MR) is 131 cm³/mol. The number of benzene rings is 1. The van der Waals surface area contributed by atoms with Crippen LogP contribution in [0.25, 0.3) is 0 Å². The third-order valence-electron chi connectivity index (χ3n) is 5.28. The van der Waals surface area contributed by atoms with Gasteiger partial charge in [0, 0.05) is 25.8 Å². The number of hydrogen-bond donors (Lipinski definition) is 1. The Morgan fingerprint density at radius 3 is 2.33 bits per heavy atom. The first-order valence-corrected chi connectivity index (χ1v) is 13.4. The quantitative estimate of drug-likeness (QED) is 0.355. The van der Waals surface area contributed by atoms with Gasteiger partial charge in [-0.1, -0.05) is 0 Å². The Bertz CT molecular complexity index is 1200. The van der Waals surface area contributed by atoms with Crippen LogP contribution in [0.5, 0.6) is 0 Å². The number of hydrogen-bond acceptors (Lipinski definition) is 10. The molecule has 36 heavy (non-hydrogen) atoms. The number of nitrogens with one attached hydrogen (secondary N) is 1. The molecule has 1 amide bonds. The molecule has 0 spiro atoms. The molecule has 1 aromatic carbocycles. The van der Waals surface area contributed by atoms with Gasteiger partial charge in [0.25, 0.3) is 5.91 Å². The Balaban J connectivity index is 1.83. The fourth-order valence-electron chi connectivity index (χ4n) is 3.42. The van der Waals surface area contributed by atoms with Crippen molar-refractivity contribution in [2.45, 2.75) is 18.7 Å². The number of carbonyl (C=O) groups is 3. The van der Waals surface area contributed by atoms with Crippen molar-refractivity contribution in [1.82, 2.24) is 4.31 Å². The Morgan fingerprint density at radius 2 is 1.72 bits per heavy atom. The smallest absolute Gasteiger partial charge is 0.348 e. The largest absolute Gasteiger partial charge is 0.462 e. The molecule has 1 aromatic heterocycles. The number of rotatable bonds is 10. The summed E-state index contributed by atoms with van der Waals surface area (Å²) in [6, 6.07) is 5.47. The molecule has 0 unspecified atom stereocenters. The number of amides is 1. The van der Waals surface area contributed by atoms with Crippen molar-refractivity contribution in [3.63, 3.8) is 0 Å². The van der Waals surface area contributed by atoms with E-state index in [9.17, 15) is 22.8 Å². The van der Waals surface area contributed by atoms with Crippen molar-refractivity contribution >= 4 is 44.2 Å². The van der Waals surface area contributed by atoms with Gasteiger partial charge < -0.3 is 24.3 Å². The second-order valence-electron chi connectivity index (χ2n) is 7.60. The molecule has 1 N–H and O–H groups in total. The molecule has 1 aliphatic rings. The van der Waals surface area contributed by atoms with Gasteiger partial charge in [-0.15, -0.1) is 11.3 Å². The van der Waals surface area contributed by atoms with Crippen molar-refractivity contribution < 1.29 is 41.7 Å². The Hall–Kier alpha value is -2.84. The lowest BCUT2D eigenvalue weighted by Gasteiger charge is -2.26. The van der Waals surface area contributed by atoms with Crippen molar-refractivity contribution in [2.24, 2.45) is 0 Å². The number of nitrogens with zero attached hydrogens (tertiary/aromatic N) is 1. The number of sulfonamides is 1. The van der Waals surface area contributed by atoms with E-state index < -0.39 is 27.9 Å². The fraction of sp³-hybridized carbons (Fsp3) is 0.435. The van der Waals surface area contributed by atoms with Crippen molar-refractivity contribution in [3.05, 3.63) is 45.8 Å². The van der Waals surface area contributed by atoms with Crippen LogP contribution in [0.2, 0.25) is 0 Å². The maximum absolute atomic E-state index is 12.9. The Labute approximate surface area is 213 Å². The highest BCUT2D eigenvalue weighted by atomic mass is 32.2. The average molecular weight is 541 g/mol. The van der Waals surface area contributed by atoms with Crippen LogP contribution < -0.4 is 5.32 Å². The number of methoxy groups -OCH3 is 1. The molecule has 0 radical (unpaired) electrons. The summed E-state index contributed by atoms with van der Waals surface area (Å²) >= 11 is 0.893. The Morgan fingerprint density at radius 1 is 1.06 bits per heavy atom.